The fraction of sp³-hybridized carbons (Fsp3) is 0.613. The van der Waals surface area contributed by atoms with Crippen LogP contribution in [0.25, 0.3) is 0 Å². The van der Waals surface area contributed by atoms with Crippen LogP contribution in [0.2, 0.25) is 0 Å². The van der Waals surface area contributed by atoms with Crippen molar-refractivity contribution in [2.45, 2.75) is 76.5 Å². The zero-order chi connectivity index (χ0) is 32.5. The lowest BCUT2D eigenvalue weighted by molar-refractivity contribution is -0.133. The number of likely N-dealkylation sites (tertiary alicyclic amines) is 1. The first-order chi connectivity index (χ1) is 22.3. The van der Waals surface area contributed by atoms with Gasteiger partial charge in [0.1, 0.15) is 11.8 Å². The van der Waals surface area contributed by atoms with Gasteiger partial charge in [0.15, 0.2) is 5.75 Å². The third kappa shape index (κ3) is 9.55. The molecule has 3 saturated heterocycles. The van der Waals surface area contributed by atoms with Crippen molar-refractivity contribution >= 4 is 34.4 Å². The number of piperidine rings is 3. The molecule has 5 rings (SSSR count). The van der Waals surface area contributed by atoms with Crippen molar-refractivity contribution in [2.75, 3.05) is 55.7 Å². The van der Waals surface area contributed by atoms with E-state index in [4.69, 9.17) is 4.74 Å². The lowest BCUT2D eigenvalue weighted by atomic mass is 9.89. The molecule has 12 nitrogen and oxygen atoms in total. The highest BCUT2D eigenvalue weighted by atomic mass is 32.2. The molecule has 2 amide bonds. The number of carbonyl (C=O) groups is 2. The molecule has 0 saturated carbocycles. The summed E-state index contributed by atoms with van der Waals surface area (Å²) >= 11 is 0. The van der Waals surface area contributed by atoms with E-state index >= 15 is 0 Å². The summed E-state index contributed by atoms with van der Waals surface area (Å²) in [6.45, 7) is 3.81. The molecule has 46 heavy (non-hydrogen) atoms. The predicted octanol–water partition coefficient (Wildman–Crippen LogP) is 3.50. The molecule has 0 bridgehead atoms. The van der Waals surface area contributed by atoms with E-state index in [0.717, 1.165) is 63.2 Å². The fourth-order valence-corrected chi connectivity index (χ4v) is 7.43. The Morgan fingerprint density at radius 3 is 2.46 bits per heavy atom. The standard InChI is InChI=1S/C31H43F2N7O5S/c1-2-44-27-18-22(4-5-25(27)37-26-6-7-28(41)38-29(26)42)21-8-13-39(14-9-21)12-3-17-46(43)40-15-10-23(11-16-40)36-31-34-19-24(20-35-31)45-30(32)33/h4-5,18-21,23,26,30,37H,2-3,6-17H2,1H3,(H,34,35,36)(H,38,41,42). The Labute approximate surface area is 270 Å². The van der Waals surface area contributed by atoms with Crippen molar-refractivity contribution in [1.82, 2.24) is 24.5 Å². The molecule has 0 aliphatic carbocycles. The van der Waals surface area contributed by atoms with Crippen molar-refractivity contribution in [1.29, 1.82) is 0 Å². The summed E-state index contributed by atoms with van der Waals surface area (Å²) in [7, 11) is -1.03. The van der Waals surface area contributed by atoms with Gasteiger partial charge in [0.2, 0.25) is 17.8 Å². The minimum Gasteiger partial charge on any atom is -0.492 e. The average Bonchev–Trinajstić information content (AvgIpc) is 3.04. The van der Waals surface area contributed by atoms with Gasteiger partial charge in [-0.2, -0.15) is 8.78 Å². The molecule has 2 aromatic rings. The highest BCUT2D eigenvalue weighted by Crippen LogP contribution is 2.35. The summed E-state index contributed by atoms with van der Waals surface area (Å²) in [6, 6.07) is 5.82. The Bertz CT molecular complexity index is 1340. The van der Waals surface area contributed by atoms with Gasteiger partial charge in [0.25, 0.3) is 0 Å². The topological polar surface area (TPSA) is 138 Å². The normalized spacial score (nSPS) is 21.2. The van der Waals surface area contributed by atoms with Gasteiger partial charge in [-0.15, -0.1) is 0 Å². The van der Waals surface area contributed by atoms with E-state index in [1.807, 2.05) is 17.3 Å². The molecule has 0 spiro atoms. The van der Waals surface area contributed by atoms with Gasteiger partial charge in [-0.1, -0.05) is 6.07 Å². The summed E-state index contributed by atoms with van der Waals surface area (Å²) in [4.78, 5) is 34.2. The molecule has 3 aliphatic heterocycles. The van der Waals surface area contributed by atoms with Gasteiger partial charge in [0, 0.05) is 31.3 Å². The SMILES string of the molecule is CCOc1cc(C2CCN(CCCS(=O)N3CCC(Nc4ncc(OC(F)F)cn4)CC3)CC2)ccc1NC1CCC(=O)NC1=O. The summed E-state index contributed by atoms with van der Waals surface area (Å²) in [5, 5.41) is 8.87. The number of anilines is 2. The molecule has 252 valence electrons. The maximum atomic E-state index is 13.0. The molecular formula is C31H43F2N7O5S. The van der Waals surface area contributed by atoms with Gasteiger partial charge >= 0.3 is 6.61 Å². The lowest BCUT2D eigenvalue weighted by Crippen LogP contribution is -2.47. The molecular weight excluding hydrogens is 620 g/mol. The second-order valence-electron chi connectivity index (χ2n) is 11.8. The Hall–Kier alpha value is -3.43. The van der Waals surface area contributed by atoms with Gasteiger partial charge in [-0.05, 0) is 88.7 Å². The number of ether oxygens (including phenoxy) is 2. The van der Waals surface area contributed by atoms with Crippen molar-refractivity contribution in [2.24, 2.45) is 0 Å². The monoisotopic (exact) mass is 663 g/mol. The molecule has 1 aromatic heterocycles. The third-order valence-electron chi connectivity index (χ3n) is 8.66. The van der Waals surface area contributed by atoms with Crippen molar-refractivity contribution in [3.05, 3.63) is 36.2 Å². The van der Waals surface area contributed by atoms with Crippen LogP contribution in [-0.4, -0.2) is 99.0 Å². The third-order valence-corrected chi connectivity index (χ3v) is 10.2. The highest BCUT2D eigenvalue weighted by Gasteiger charge is 2.28. The van der Waals surface area contributed by atoms with Crippen LogP contribution >= 0.6 is 0 Å². The average molecular weight is 664 g/mol. The largest absolute Gasteiger partial charge is 0.492 e. The molecule has 3 fully saturated rings. The summed E-state index contributed by atoms with van der Waals surface area (Å²) in [5.41, 5.74) is 1.98. The van der Waals surface area contributed by atoms with Gasteiger partial charge in [0.05, 0.1) is 35.7 Å². The minimum absolute atomic E-state index is 0.0842. The number of nitrogens with one attached hydrogen (secondary N) is 3. The van der Waals surface area contributed by atoms with Gasteiger partial charge in [-0.25, -0.2) is 18.5 Å². The second kappa shape index (κ2) is 16.4. The van der Waals surface area contributed by atoms with Crippen molar-refractivity contribution in [3.63, 3.8) is 0 Å². The fourth-order valence-electron chi connectivity index (χ4n) is 6.18. The summed E-state index contributed by atoms with van der Waals surface area (Å²) < 4.78 is 49.8. The van der Waals surface area contributed by atoms with E-state index in [0.29, 0.717) is 50.2 Å². The van der Waals surface area contributed by atoms with Crippen molar-refractivity contribution in [3.8, 4) is 11.5 Å². The maximum absolute atomic E-state index is 13.0. The first kappa shape index (κ1) is 33.9. The molecule has 15 heteroatoms. The maximum Gasteiger partial charge on any atom is 0.387 e. The first-order valence-electron chi connectivity index (χ1n) is 16.0. The van der Waals surface area contributed by atoms with E-state index in [-0.39, 0.29) is 23.6 Å². The van der Waals surface area contributed by atoms with Crippen molar-refractivity contribution < 1.29 is 32.1 Å². The summed E-state index contributed by atoms with van der Waals surface area (Å²) in [5.74, 6) is 1.50. The number of rotatable bonds is 14. The lowest BCUT2D eigenvalue weighted by Gasteiger charge is -2.33. The Morgan fingerprint density at radius 1 is 1.04 bits per heavy atom. The minimum atomic E-state index is -2.91. The van der Waals surface area contributed by atoms with E-state index in [9.17, 15) is 22.6 Å². The molecule has 3 N–H and O–H groups in total. The quantitative estimate of drug-likeness (QED) is 0.258. The number of carbonyl (C=O) groups excluding carboxylic acids is 2. The van der Waals surface area contributed by atoms with Crippen LogP contribution in [0, 0.1) is 0 Å². The highest BCUT2D eigenvalue weighted by molar-refractivity contribution is 7.82. The number of hydrogen-bond donors (Lipinski definition) is 3. The van der Waals surface area contributed by atoms with Crippen LogP contribution in [0.3, 0.4) is 0 Å². The van der Waals surface area contributed by atoms with E-state index < -0.39 is 23.6 Å². The van der Waals surface area contributed by atoms with Crippen LogP contribution < -0.4 is 25.4 Å². The smallest absolute Gasteiger partial charge is 0.387 e. The van der Waals surface area contributed by atoms with E-state index in [1.165, 1.54) is 18.0 Å². The van der Waals surface area contributed by atoms with Crippen LogP contribution in [-0.2, 0) is 20.6 Å². The predicted molar refractivity (Wildman–Crippen MR) is 170 cm³/mol. The number of nitrogens with zero attached hydrogens (tertiary/aromatic N) is 4. The van der Waals surface area contributed by atoms with Gasteiger partial charge in [-0.3, -0.25) is 14.9 Å². The zero-order valence-corrected chi connectivity index (χ0v) is 26.9. The summed E-state index contributed by atoms with van der Waals surface area (Å²) in [6.07, 6.45) is 7.71. The van der Waals surface area contributed by atoms with E-state index in [1.54, 1.807) is 0 Å². The number of aromatic nitrogens is 2. The van der Waals surface area contributed by atoms with Crippen LogP contribution in [0.15, 0.2) is 30.6 Å². The molecule has 2 unspecified atom stereocenters. The number of alkyl halides is 2. The number of benzene rings is 1. The Kier molecular flexibility index (Phi) is 12.1. The molecule has 2 atom stereocenters. The van der Waals surface area contributed by atoms with Crippen LogP contribution in [0.4, 0.5) is 20.4 Å². The molecule has 3 aliphatic rings. The van der Waals surface area contributed by atoms with Crippen LogP contribution in [0.5, 0.6) is 11.5 Å². The number of amides is 2. The molecule has 1 aromatic carbocycles. The number of imide groups is 1. The Morgan fingerprint density at radius 2 is 1.78 bits per heavy atom. The van der Waals surface area contributed by atoms with E-state index in [2.05, 4.69) is 47.7 Å². The van der Waals surface area contributed by atoms with Crippen LogP contribution in [0.1, 0.15) is 63.4 Å². The first-order valence-corrected chi connectivity index (χ1v) is 17.3. The molecule has 4 heterocycles. The zero-order valence-electron chi connectivity index (χ0n) is 26.1. The Balaban J connectivity index is 1.00. The van der Waals surface area contributed by atoms with Gasteiger partial charge < -0.3 is 25.0 Å². The number of hydrogen-bond acceptors (Lipinski definition) is 10. The molecule has 0 radical (unpaired) electrons. The number of halogens is 2. The second-order valence-corrected chi connectivity index (χ2v) is 13.4.